The topological polar surface area (TPSA) is 78.5 Å². The summed E-state index contributed by atoms with van der Waals surface area (Å²) in [4.78, 5) is 37.8. The molecule has 2 aliphatic rings. The number of benzene rings is 1. The maximum Gasteiger partial charge on any atom is 0.232 e. The molecule has 0 saturated carbocycles. The van der Waals surface area contributed by atoms with E-state index in [1.807, 2.05) is 17.0 Å². The fourth-order valence-electron chi connectivity index (χ4n) is 3.80. The van der Waals surface area contributed by atoms with Crippen LogP contribution in [0.4, 0.5) is 5.69 Å². The van der Waals surface area contributed by atoms with Gasteiger partial charge in [-0.25, -0.2) is 0 Å². The number of carbonyl (C=O) groups excluding carboxylic acids is 3. The third kappa shape index (κ3) is 4.01. The number of carbonyl (C=O) groups is 3. The zero-order valence-electron chi connectivity index (χ0n) is 14.9. The smallest absolute Gasteiger partial charge is 0.232 e. The van der Waals surface area contributed by atoms with Crippen LogP contribution >= 0.6 is 11.6 Å². The van der Waals surface area contributed by atoms with Crippen molar-refractivity contribution in [3.05, 3.63) is 28.8 Å². The molecule has 1 aromatic carbocycles. The Bertz CT molecular complexity index is 714. The van der Waals surface area contributed by atoms with Gasteiger partial charge in [0.25, 0.3) is 0 Å². The maximum atomic E-state index is 12.4. The van der Waals surface area contributed by atoms with E-state index in [0.717, 1.165) is 24.1 Å². The minimum Gasteiger partial charge on any atom is -0.356 e. The molecule has 0 aliphatic carbocycles. The SMILES string of the molecule is CCC(=O)NCCC(=O)N1CCC(C2C(=O)Nc3cc(Cl)ccc32)CC1. The van der Waals surface area contributed by atoms with E-state index in [1.54, 1.807) is 13.0 Å². The summed E-state index contributed by atoms with van der Waals surface area (Å²) in [5.74, 6) is 0.101. The summed E-state index contributed by atoms with van der Waals surface area (Å²) < 4.78 is 0. The molecule has 26 heavy (non-hydrogen) atoms. The second-order valence-corrected chi connectivity index (χ2v) is 7.31. The molecule has 2 heterocycles. The van der Waals surface area contributed by atoms with Crippen molar-refractivity contribution >= 4 is 35.0 Å². The van der Waals surface area contributed by atoms with Gasteiger partial charge in [-0.2, -0.15) is 0 Å². The standard InChI is InChI=1S/C19H24ClN3O3/c1-2-16(24)21-8-5-17(25)23-9-6-12(7-10-23)18-14-4-3-13(20)11-15(14)22-19(18)26/h3-4,11-12,18H,2,5-10H2,1H3,(H,21,24)(H,22,26). The van der Waals surface area contributed by atoms with Gasteiger partial charge in [-0.3, -0.25) is 14.4 Å². The fourth-order valence-corrected chi connectivity index (χ4v) is 3.97. The van der Waals surface area contributed by atoms with Crippen molar-refractivity contribution in [1.82, 2.24) is 10.2 Å². The van der Waals surface area contributed by atoms with Crippen LogP contribution in [-0.2, 0) is 14.4 Å². The lowest BCUT2D eigenvalue weighted by molar-refractivity contribution is -0.132. The van der Waals surface area contributed by atoms with Crippen LogP contribution in [0.2, 0.25) is 5.02 Å². The second kappa shape index (κ2) is 8.08. The molecular weight excluding hydrogens is 354 g/mol. The Morgan fingerprint density at radius 2 is 2.04 bits per heavy atom. The average Bonchev–Trinajstić information content (AvgIpc) is 2.96. The molecule has 0 spiro atoms. The zero-order valence-corrected chi connectivity index (χ0v) is 15.6. The minimum atomic E-state index is -0.164. The van der Waals surface area contributed by atoms with Crippen LogP contribution in [0.5, 0.6) is 0 Å². The number of halogens is 1. The van der Waals surface area contributed by atoms with E-state index in [1.165, 1.54) is 0 Å². The molecule has 3 amide bonds. The maximum absolute atomic E-state index is 12.4. The first-order valence-corrected chi connectivity index (χ1v) is 9.52. The first-order valence-electron chi connectivity index (χ1n) is 9.14. The van der Waals surface area contributed by atoms with Crippen LogP contribution in [0.3, 0.4) is 0 Å². The Balaban J connectivity index is 1.53. The van der Waals surface area contributed by atoms with Crippen LogP contribution in [0.15, 0.2) is 18.2 Å². The van der Waals surface area contributed by atoms with Crippen molar-refractivity contribution < 1.29 is 14.4 Å². The second-order valence-electron chi connectivity index (χ2n) is 6.87. The van der Waals surface area contributed by atoms with Crippen molar-refractivity contribution in [2.75, 3.05) is 25.0 Å². The quantitative estimate of drug-likeness (QED) is 0.827. The highest BCUT2D eigenvalue weighted by Crippen LogP contribution is 2.42. The van der Waals surface area contributed by atoms with E-state index in [9.17, 15) is 14.4 Å². The van der Waals surface area contributed by atoms with Crippen molar-refractivity contribution in [2.45, 2.75) is 38.5 Å². The molecule has 2 N–H and O–H groups in total. The molecule has 140 valence electrons. The highest BCUT2D eigenvalue weighted by molar-refractivity contribution is 6.31. The summed E-state index contributed by atoms with van der Waals surface area (Å²) in [6.45, 7) is 3.47. The molecule has 1 aromatic rings. The molecular formula is C19H24ClN3O3. The predicted molar refractivity (Wildman–Crippen MR) is 100 cm³/mol. The molecule has 0 bridgehead atoms. The highest BCUT2D eigenvalue weighted by Gasteiger charge is 2.38. The number of fused-ring (bicyclic) bond motifs is 1. The van der Waals surface area contributed by atoms with Crippen LogP contribution in [0.25, 0.3) is 0 Å². The van der Waals surface area contributed by atoms with Crippen LogP contribution in [0, 0.1) is 5.92 Å². The van der Waals surface area contributed by atoms with Crippen molar-refractivity contribution in [2.24, 2.45) is 5.92 Å². The molecule has 1 fully saturated rings. The van der Waals surface area contributed by atoms with Gasteiger partial charge in [0.05, 0.1) is 5.92 Å². The number of hydrogen-bond donors (Lipinski definition) is 2. The number of hydrogen-bond acceptors (Lipinski definition) is 3. The van der Waals surface area contributed by atoms with Gasteiger partial charge in [0.1, 0.15) is 0 Å². The van der Waals surface area contributed by atoms with Gasteiger partial charge in [0, 0.05) is 43.2 Å². The molecule has 1 unspecified atom stereocenters. The highest BCUT2D eigenvalue weighted by atomic mass is 35.5. The summed E-state index contributed by atoms with van der Waals surface area (Å²) in [6.07, 6.45) is 2.35. The van der Waals surface area contributed by atoms with E-state index >= 15 is 0 Å². The Labute approximate surface area is 158 Å². The summed E-state index contributed by atoms with van der Waals surface area (Å²) in [6, 6.07) is 5.53. The summed E-state index contributed by atoms with van der Waals surface area (Å²) >= 11 is 6.01. The monoisotopic (exact) mass is 377 g/mol. The lowest BCUT2D eigenvalue weighted by Crippen LogP contribution is -2.41. The predicted octanol–water partition coefficient (Wildman–Crippen LogP) is 2.53. The number of rotatable bonds is 5. The Kier molecular flexibility index (Phi) is 5.81. The zero-order chi connectivity index (χ0) is 18.7. The first kappa shape index (κ1) is 18.7. The van der Waals surface area contributed by atoms with Crippen LogP contribution in [0.1, 0.15) is 44.1 Å². The summed E-state index contributed by atoms with van der Waals surface area (Å²) in [5.41, 5.74) is 1.81. The normalized spacial score (nSPS) is 19.8. The van der Waals surface area contributed by atoms with E-state index < -0.39 is 0 Å². The number of nitrogens with one attached hydrogen (secondary N) is 2. The van der Waals surface area contributed by atoms with Gasteiger partial charge >= 0.3 is 0 Å². The van der Waals surface area contributed by atoms with Crippen molar-refractivity contribution in [1.29, 1.82) is 0 Å². The van der Waals surface area contributed by atoms with Crippen LogP contribution in [-0.4, -0.2) is 42.3 Å². The summed E-state index contributed by atoms with van der Waals surface area (Å²) in [5, 5.41) is 6.26. The van der Waals surface area contributed by atoms with Gasteiger partial charge < -0.3 is 15.5 Å². The molecule has 2 aliphatic heterocycles. The van der Waals surface area contributed by atoms with Gasteiger partial charge in [0.2, 0.25) is 17.7 Å². The van der Waals surface area contributed by atoms with Gasteiger partial charge in [-0.1, -0.05) is 24.6 Å². The average molecular weight is 378 g/mol. The number of likely N-dealkylation sites (tertiary alicyclic amines) is 1. The van der Waals surface area contributed by atoms with Crippen molar-refractivity contribution in [3.8, 4) is 0 Å². The Hall–Kier alpha value is -2.08. The molecule has 0 radical (unpaired) electrons. The Morgan fingerprint density at radius 1 is 1.31 bits per heavy atom. The lowest BCUT2D eigenvalue weighted by Gasteiger charge is -2.34. The molecule has 6 nitrogen and oxygen atoms in total. The third-order valence-corrected chi connectivity index (χ3v) is 5.47. The summed E-state index contributed by atoms with van der Waals surface area (Å²) in [7, 11) is 0. The fraction of sp³-hybridized carbons (Fsp3) is 0.526. The number of anilines is 1. The van der Waals surface area contributed by atoms with Gasteiger partial charge in [0.15, 0.2) is 0 Å². The molecule has 3 rings (SSSR count). The van der Waals surface area contributed by atoms with Crippen LogP contribution < -0.4 is 10.6 Å². The minimum absolute atomic E-state index is 0.0225. The number of piperidine rings is 1. The Morgan fingerprint density at radius 3 is 2.73 bits per heavy atom. The van der Waals surface area contributed by atoms with E-state index in [2.05, 4.69) is 10.6 Å². The van der Waals surface area contributed by atoms with E-state index in [4.69, 9.17) is 11.6 Å². The molecule has 7 heteroatoms. The third-order valence-electron chi connectivity index (χ3n) is 5.24. The molecule has 0 aromatic heterocycles. The first-order chi connectivity index (χ1) is 12.5. The number of nitrogens with zero attached hydrogens (tertiary/aromatic N) is 1. The number of amides is 3. The molecule has 1 atom stereocenters. The van der Waals surface area contributed by atoms with E-state index in [-0.39, 0.29) is 29.6 Å². The molecule has 1 saturated heterocycles. The lowest BCUT2D eigenvalue weighted by atomic mass is 9.80. The largest absolute Gasteiger partial charge is 0.356 e. The van der Waals surface area contributed by atoms with E-state index in [0.29, 0.717) is 37.5 Å². The van der Waals surface area contributed by atoms with Crippen molar-refractivity contribution in [3.63, 3.8) is 0 Å². The van der Waals surface area contributed by atoms with Gasteiger partial charge in [-0.15, -0.1) is 0 Å². The van der Waals surface area contributed by atoms with Gasteiger partial charge in [-0.05, 0) is 36.5 Å².